The highest BCUT2D eigenvalue weighted by Crippen LogP contribution is 2.35. The molecule has 0 amide bonds. The molecule has 0 N–H and O–H groups in total. The van der Waals surface area contributed by atoms with Crippen LogP contribution < -0.4 is 0 Å². The number of nitro benzene ring substituents is 2. The van der Waals surface area contributed by atoms with Gasteiger partial charge in [-0.25, -0.2) is 4.79 Å². The first kappa shape index (κ1) is 21.7. The molecule has 9 nitrogen and oxygen atoms in total. The Labute approximate surface area is 180 Å². The zero-order chi connectivity index (χ0) is 22.4. The summed E-state index contributed by atoms with van der Waals surface area (Å²) in [5, 5.41) is 22.1. The van der Waals surface area contributed by atoms with Gasteiger partial charge < -0.3 is 4.74 Å². The van der Waals surface area contributed by atoms with Crippen LogP contribution in [-0.4, -0.2) is 28.2 Å². The molecule has 0 atom stereocenters. The van der Waals surface area contributed by atoms with E-state index in [1.807, 2.05) is 18.2 Å². The van der Waals surface area contributed by atoms with Crippen molar-refractivity contribution in [2.45, 2.75) is 9.79 Å². The predicted octanol–water partition coefficient (Wildman–Crippen LogP) is 4.69. The van der Waals surface area contributed by atoms with Gasteiger partial charge in [0.2, 0.25) is 0 Å². The van der Waals surface area contributed by atoms with E-state index in [0.717, 1.165) is 11.0 Å². The van der Waals surface area contributed by atoms with Gasteiger partial charge in [-0.2, -0.15) is 0 Å². The van der Waals surface area contributed by atoms with Gasteiger partial charge in [-0.3, -0.25) is 25.0 Å². The minimum Gasteiger partial charge on any atom is -0.454 e. The lowest BCUT2D eigenvalue weighted by Gasteiger charge is -2.07. The van der Waals surface area contributed by atoms with Crippen molar-refractivity contribution in [1.29, 1.82) is 0 Å². The maximum absolute atomic E-state index is 12.3. The van der Waals surface area contributed by atoms with Crippen LogP contribution in [0.4, 0.5) is 11.4 Å². The fraction of sp³-hybridized carbons (Fsp3) is 0.0476. The molecule has 0 heterocycles. The van der Waals surface area contributed by atoms with Crippen molar-refractivity contribution in [1.82, 2.24) is 0 Å². The quantitative estimate of drug-likeness (QED) is 0.214. The Balaban J connectivity index is 1.69. The first-order chi connectivity index (χ1) is 14.8. The number of esters is 1. The lowest BCUT2D eigenvalue weighted by atomic mass is 10.1. The maximum Gasteiger partial charge on any atom is 0.338 e. The van der Waals surface area contributed by atoms with Gasteiger partial charge in [0, 0.05) is 28.7 Å². The van der Waals surface area contributed by atoms with Crippen LogP contribution in [-0.2, 0) is 4.74 Å². The van der Waals surface area contributed by atoms with Crippen molar-refractivity contribution in [3.05, 3.63) is 104 Å². The average molecular weight is 438 g/mol. The van der Waals surface area contributed by atoms with Gasteiger partial charge in [0.1, 0.15) is 0 Å². The van der Waals surface area contributed by atoms with Crippen molar-refractivity contribution in [2.24, 2.45) is 0 Å². The zero-order valence-corrected chi connectivity index (χ0v) is 16.6. The number of nitrogens with zero attached hydrogens (tertiary/aromatic N) is 2. The summed E-state index contributed by atoms with van der Waals surface area (Å²) in [6.07, 6.45) is 0. The Morgan fingerprint density at radius 1 is 0.839 bits per heavy atom. The van der Waals surface area contributed by atoms with E-state index in [0.29, 0.717) is 4.90 Å². The third-order valence-corrected chi connectivity index (χ3v) is 5.17. The van der Waals surface area contributed by atoms with E-state index in [9.17, 15) is 29.8 Å². The highest BCUT2D eigenvalue weighted by Gasteiger charge is 2.20. The number of ether oxygens (including phenoxy) is 1. The summed E-state index contributed by atoms with van der Waals surface area (Å²) in [6.45, 7) is -0.606. The summed E-state index contributed by atoms with van der Waals surface area (Å²) in [7, 11) is 0. The number of Topliss-reactive ketones (excluding diaryl/α,β-unsaturated/α-hetero) is 1. The standard InChI is InChI=1S/C21H14N2O7S/c24-19(14-6-9-16(10-7-14)22(26)27)13-30-21(25)15-8-11-20(18(12-15)23(28)29)31-17-4-2-1-3-5-17/h1-12H,13H2. The second-order valence-electron chi connectivity index (χ2n) is 6.16. The van der Waals surface area contributed by atoms with E-state index in [1.165, 1.54) is 48.2 Å². The molecule has 10 heteroatoms. The molecule has 0 aliphatic heterocycles. The van der Waals surface area contributed by atoms with E-state index in [1.54, 1.807) is 12.1 Å². The van der Waals surface area contributed by atoms with Crippen LogP contribution >= 0.6 is 11.8 Å². The normalized spacial score (nSPS) is 10.3. The number of ketones is 1. The third-order valence-electron chi connectivity index (χ3n) is 4.10. The van der Waals surface area contributed by atoms with E-state index in [4.69, 9.17) is 4.74 Å². The van der Waals surface area contributed by atoms with E-state index >= 15 is 0 Å². The van der Waals surface area contributed by atoms with Crippen molar-refractivity contribution in [2.75, 3.05) is 6.61 Å². The van der Waals surface area contributed by atoms with Gasteiger partial charge in [-0.15, -0.1) is 0 Å². The van der Waals surface area contributed by atoms with Crippen LogP contribution in [0.15, 0.2) is 82.6 Å². The van der Waals surface area contributed by atoms with Crippen molar-refractivity contribution >= 4 is 34.9 Å². The molecular formula is C21H14N2O7S. The Bertz CT molecular complexity index is 1150. The second kappa shape index (κ2) is 9.63. The van der Waals surface area contributed by atoms with Crippen LogP contribution in [0.1, 0.15) is 20.7 Å². The van der Waals surface area contributed by atoms with Gasteiger partial charge in [-0.05, 0) is 36.4 Å². The van der Waals surface area contributed by atoms with Crippen molar-refractivity contribution in [3.8, 4) is 0 Å². The molecule has 31 heavy (non-hydrogen) atoms. The number of rotatable bonds is 8. The number of hydrogen-bond acceptors (Lipinski definition) is 8. The van der Waals surface area contributed by atoms with Gasteiger partial charge in [-0.1, -0.05) is 30.0 Å². The zero-order valence-electron chi connectivity index (χ0n) is 15.8. The summed E-state index contributed by atoms with van der Waals surface area (Å²) in [4.78, 5) is 46.5. The van der Waals surface area contributed by atoms with Crippen molar-refractivity contribution in [3.63, 3.8) is 0 Å². The summed E-state index contributed by atoms with van der Waals surface area (Å²) in [5.74, 6) is -1.45. The second-order valence-corrected chi connectivity index (χ2v) is 7.27. The van der Waals surface area contributed by atoms with Crippen LogP contribution in [0.2, 0.25) is 0 Å². The monoisotopic (exact) mass is 438 g/mol. The molecule has 0 spiro atoms. The topological polar surface area (TPSA) is 130 Å². The minimum absolute atomic E-state index is 0.0689. The van der Waals surface area contributed by atoms with Crippen LogP contribution in [0.3, 0.4) is 0 Å². The van der Waals surface area contributed by atoms with Crippen LogP contribution in [0.5, 0.6) is 0 Å². The molecule has 0 aromatic heterocycles. The molecule has 156 valence electrons. The predicted molar refractivity (Wildman–Crippen MR) is 111 cm³/mol. The Morgan fingerprint density at radius 3 is 2.10 bits per heavy atom. The molecule has 0 unspecified atom stereocenters. The number of carbonyl (C=O) groups excluding carboxylic acids is 2. The van der Waals surface area contributed by atoms with Gasteiger partial charge in [0.05, 0.1) is 20.3 Å². The van der Waals surface area contributed by atoms with E-state index in [2.05, 4.69) is 0 Å². The minimum atomic E-state index is -0.894. The van der Waals surface area contributed by atoms with Crippen LogP contribution in [0, 0.1) is 20.2 Å². The molecule has 3 aromatic carbocycles. The molecule has 0 aliphatic rings. The van der Waals surface area contributed by atoms with Gasteiger partial charge >= 0.3 is 5.97 Å². The Hall–Kier alpha value is -4.05. The maximum atomic E-state index is 12.3. The number of non-ortho nitro benzene ring substituents is 1. The van der Waals surface area contributed by atoms with E-state index in [-0.39, 0.29) is 22.5 Å². The number of hydrogen-bond donors (Lipinski definition) is 0. The summed E-state index contributed by atoms with van der Waals surface area (Å²) in [5.41, 5.74) is -0.362. The molecule has 0 saturated carbocycles. The lowest BCUT2D eigenvalue weighted by molar-refractivity contribution is -0.387. The molecule has 3 aromatic rings. The SMILES string of the molecule is O=C(COC(=O)c1ccc(Sc2ccccc2)c([N+](=O)[O-])c1)c1ccc([N+](=O)[O-])cc1. The van der Waals surface area contributed by atoms with E-state index < -0.39 is 28.2 Å². The molecular weight excluding hydrogens is 424 g/mol. The fourth-order valence-electron chi connectivity index (χ4n) is 2.56. The summed E-state index contributed by atoms with van der Waals surface area (Å²) < 4.78 is 4.96. The Kier molecular flexibility index (Phi) is 6.73. The first-order valence-corrected chi connectivity index (χ1v) is 9.63. The molecule has 0 saturated heterocycles. The third kappa shape index (κ3) is 5.52. The number of carbonyl (C=O) groups is 2. The first-order valence-electron chi connectivity index (χ1n) is 8.81. The molecule has 0 aliphatic carbocycles. The highest BCUT2D eigenvalue weighted by molar-refractivity contribution is 7.99. The molecule has 0 radical (unpaired) electrons. The smallest absolute Gasteiger partial charge is 0.338 e. The number of nitro groups is 2. The molecule has 0 bridgehead atoms. The van der Waals surface area contributed by atoms with Gasteiger partial charge in [0.15, 0.2) is 12.4 Å². The fourth-order valence-corrected chi connectivity index (χ4v) is 3.48. The van der Waals surface area contributed by atoms with Crippen LogP contribution in [0.25, 0.3) is 0 Å². The van der Waals surface area contributed by atoms with Crippen molar-refractivity contribution < 1.29 is 24.2 Å². The summed E-state index contributed by atoms with van der Waals surface area (Å²) >= 11 is 1.19. The lowest BCUT2D eigenvalue weighted by Crippen LogP contribution is -2.14. The Morgan fingerprint density at radius 2 is 1.48 bits per heavy atom. The highest BCUT2D eigenvalue weighted by atomic mass is 32.2. The number of benzene rings is 3. The molecule has 3 rings (SSSR count). The molecule has 0 fully saturated rings. The average Bonchev–Trinajstić information content (AvgIpc) is 2.78. The van der Waals surface area contributed by atoms with Gasteiger partial charge in [0.25, 0.3) is 11.4 Å². The summed E-state index contributed by atoms with van der Waals surface area (Å²) in [6, 6.07) is 17.8. The largest absolute Gasteiger partial charge is 0.454 e.